The van der Waals surface area contributed by atoms with Crippen molar-refractivity contribution in [3.05, 3.63) is 64.8 Å². The van der Waals surface area contributed by atoms with Crippen LogP contribution >= 0.6 is 23.2 Å². The van der Waals surface area contributed by atoms with Crippen molar-refractivity contribution in [3.63, 3.8) is 0 Å². The van der Waals surface area contributed by atoms with Crippen molar-refractivity contribution >= 4 is 34.1 Å². The molecule has 0 atom stereocenters. The van der Waals surface area contributed by atoms with Crippen LogP contribution < -0.4 is 0 Å². The molecular weight excluding hydrogens is 253 g/mol. The molecule has 0 aliphatic rings. The zero-order valence-electron chi connectivity index (χ0n) is 8.90. The summed E-state index contributed by atoms with van der Waals surface area (Å²) in [6, 6.07) is 15.7. The Morgan fingerprint density at radius 2 is 1.47 bits per heavy atom. The largest absolute Gasteiger partial charge is 0.317 e. The van der Waals surface area contributed by atoms with Crippen molar-refractivity contribution in [2.75, 3.05) is 0 Å². The first kappa shape index (κ1) is 10.7. The predicted octanol–water partition coefficient (Wildman–Crippen LogP) is 4.94. The summed E-state index contributed by atoms with van der Waals surface area (Å²) in [6.45, 7) is 0. The van der Waals surface area contributed by atoms with E-state index in [2.05, 4.69) is 10.6 Å². The van der Waals surface area contributed by atoms with E-state index < -0.39 is 0 Å². The number of fused-ring (bicyclic) bond motifs is 1. The van der Waals surface area contributed by atoms with Crippen LogP contribution in [0.1, 0.15) is 0 Å². The van der Waals surface area contributed by atoms with Gasteiger partial charge in [0.05, 0.1) is 5.52 Å². The topological polar surface area (TPSA) is 4.93 Å². The van der Waals surface area contributed by atoms with Gasteiger partial charge in [-0.1, -0.05) is 23.2 Å². The molecule has 0 amide bonds. The number of rotatable bonds is 1. The smallest absolute Gasteiger partial charge is 0.0529 e. The van der Waals surface area contributed by atoms with Crippen molar-refractivity contribution in [2.45, 2.75) is 0 Å². The van der Waals surface area contributed by atoms with E-state index >= 15 is 0 Å². The molecular formula is C14H9Cl2N. The third-order valence-electron chi connectivity index (χ3n) is 2.76. The Kier molecular flexibility index (Phi) is 2.58. The molecule has 0 bridgehead atoms. The van der Waals surface area contributed by atoms with Crippen LogP contribution in [0.5, 0.6) is 0 Å². The fourth-order valence-corrected chi connectivity index (χ4v) is 2.25. The van der Waals surface area contributed by atoms with Crippen LogP contribution in [0.15, 0.2) is 54.7 Å². The molecule has 84 valence electrons. The molecule has 3 heteroatoms. The van der Waals surface area contributed by atoms with E-state index in [1.54, 1.807) is 0 Å². The van der Waals surface area contributed by atoms with E-state index in [9.17, 15) is 0 Å². The maximum absolute atomic E-state index is 5.97. The molecule has 1 aromatic heterocycles. The van der Waals surface area contributed by atoms with Crippen LogP contribution in [-0.2, 0) is 0 Å². The molecule has 0 aliphatic carbocycles. The molecule has 0 radical (unpaired) electrons. The summed E-state index contributed by atoms with van der Waals surface area (Å²) in [4.78, 5) is 0. The first-order valence-electron chi connectivity index (χ1n) is 5.26. The van der Waals surface area contributed by atoms with Crippen LogP contribution in [0, 0.1) is 0 Å². The fraction of sp³-hybridized carbons (Fsp3) is 0. The van der Waals surface area contributed by atoms with Gasteiger partial charge in [0.1, 0.15) is 0 Å². The standard InChI is InChI=1S/C14H9Cl2N/c15-11-1-4-13(5-2-11)17-8-7-10-9-12(16)3-6-14(10)17/h1-9H. The van der Waals surface area contributed by atoms with Crippen molar-refractivity contribution in [1.82, 2.24) is 4.57 Å². The van der Waals surface area contributed by atoms with Crippen LogP contribution in [0.4, 0.5) is 0 Å². The van der Waals surface area contributed by atoms with Crippen molar-refractivity contribution in [2.24, 2.45) is 0 Å². The first-order chi connectivity index (χ1) is 8.24. The van der Waals surface area contributed by atoms with E-state index in [1.165, 1.54) is 0 Å². The average molecular weight is 262 g/mol. The van der Waals surface area contributed by atoms with Crippen LogP contribution in [0.3, 0.4) is 0 Å². The maximum Gasteiger partial charge on any atom is 0.0529 e. The Bertz CT molecular complexity index is 668. The number of halogens is 2. The van der Waals surface area contributed by atoms with Gasteiger partial charge in [0, 0.05) is 27.3 Å². The van der Waals surface area contributed by atoms with Crippen LogP contribution in [0.25, 0.3) is 16.6 Å². The van der Waals surface area contributed by atoms with E-state index in [0.29, 0.717) is 0 Å². The monoisotopic (exact) mass is 261 g/mol. The highest BCUT2D eigenvalue weighted by Crippen LogP contribution is 2.24. The van der Waals surface area contributed by atoms with Gasteiger partial charge in [-0.3, -0.25) is 0 Å². The van der Waals surface area contributed by atoms with Gasteiger partial charge >= 0.3 is 0 Å². The number of benzene rings is 2. The summed E-state index contributed by atoms with van der Waals surface area (Å²) >= 11 is 11.9. The average Bonchev–Trinajstić information content (AvgIpc) is 2.73. The summed E-state index contributed by atoms with van der Waals surface area (Å²) in [6.07, 6.45) is 2.03. The minimum absolute atomic E-state index is 0.744. The van der Waals surface area contributed by atoms with Crippen LogP contribution in [-0.4, -0.2) is 4.57 Å². The van der Waals surface area contributed by atoms with Gasteiger partial charge in [-0.05, 0) is 48.5 Å². The van der Waals surface area contributed by atoms with Gasteiger partial charge in [0.2, 0.25) is 0 Å². The van der Waals surface area contributed by atoms with E-state index in [4.69, 9.17) is 23.2 Å². The zero-order chi connectivity index (χ0) is 11.8. The van der Waals surface area contributed by atoms with E-state index in [0.717, 1.165) is 26.6 Å². The van der Waals surface area contributed by atoms with E-state index in [-0.39, 0.29) is 0 Å². The maximum atomic E-state index is 5.97. The molecule has 0 fully saturated rings. The molecule has 1 heterocycles. The Morgan fingerprint density at radius 1 is 0.765 bits per heavy atom. The summed E-state index contributed by atoms with van der Waals surface area (Å²) in [7, 11) is 0. The predicted molar refractivity (Wildman–Crippen MR) is 73.3 cm³/mol. The second-order valence-electron chi connectivity index (χ2n) is 3.87. The summed E-state index contributed by atoms with van der Waals surface area (Å²) in [5.41, 5.74) is 2.23. The molecule has 0 saturated heterocycles. The second kappa shape index (κ2) is 4.10. The third kappa shape index (κ3) is 1.92. The van der Waals surface area contributed by atoms with Gasteiger partial charge in [-0.15, -0.1) is 0 Å². The molecule has 0 N–H and O–H groups in total. The summed E-state index contributed by atoms with van der Waals surface area (Å²) in [5, 5.41) is 2.63. The summed E-state index contributed by atoms with van der Waals surface area (Å²) < 4.78 is 2.11. The molecule has 0 spiro atoms. The lowest BCUT2D eigenvalue weighted by molar-refractivity contribution is 1.13. The lowest BCUT2D eigenvalue weighted by Gasteiger charge is -2.05. The lowest BCUT2D eigenvalue weighted by Crippen LogP contribution is -1.90. The highest BCUT2D eigenvalue weighted by atomic mass is 35.5. The Hall–Kier alpha value is -1.44. The molecule has 3 rings (SSSR count). The molecule has 0 aliphatic heterocycles. The van der Waals surface area contributed by atoms with Crippen molar-refractivity contribution in [3.8, 4) is 5.69 Å². The number of hydrogen-bond donors (Lipinski definition) is 0. The SMILES string of the molecule is Clc1ccc(-n2ccc3cc(Cl)ccc32)cc1. The molecule has 3 aromatic rings. The third-order valence-corrected chi connectivity index (χ3v) is 3.24. The van der Waals surface area contributed by atoms with Gasteiger partial charge in [-0.25, -0.2) is 0 Å². The van der Waals surface area contributed by atoms with Gasteiger partial charge in [0.15, 0.2) is 0 Å². The van der Waals surface area contributed by atoms with Gasteiger partial charge in [-0.2, -0.15) is 0 Å². The van der Waals surface area contributed by atoms with Gasteiger partial charge < -0.3 is 4.57 Å². The van der Waals surface area contributed by atoms with Crippen molar-refractivity contribution < 1.29 is 0 Å². The second-order valence-corrected chi connectivity index (χ2v) is 4.74. The molecule has 1 nitrogen and oxygen atoms in total. The Morgan fingerprint density at radius 3 is 2.24 bits per heavy atom. The zero-order valence-corrected chi connectivity index (χ0v) is 10.4. The molecule has 2 aromatic carbocycles. The van der Waals surface area contributed by atoms with Crippen LogP contribution in [0.2, 0.25) is 10.0 Å². The number of hydrogen-bond acceptors (Lipinski definition) is 0. The fourth-order valence-electron chi connectivity index (χ4n) is 1.94. The highest BCUT2D eigenvalue weighted by molar-refractivity contribution is 6.31. The van der Waals surface area contributed by atoms with Gasteiger partial charge in [0.25, 0.3) is 0 Å². The Labute approximate surface area is 109 Å². The normalized spacial score (nSPS) is 10.9. The number of nitrogens with zero attached hydrogens (tertiary/aromatic N) is 1. The summed E-state index contributed by atoms with van der Waals surface area (Å²) in [5.74, 6) is 0. The minimum atomic E-state index is 0.744. The lowest BCUT2D eigenvalue weighted by atomic mass is 10.2. The quantitative estimate of drug-likeness (QED) is 0.585. The van der Waals surface area contributed by atoms with Crippen molar-refractivity contribution in [1.29, 1.82) is 0 Å². The number of aromatic nitrogens is 1. The van der Waals surface area contributed by atoms with E-state index in [1.807, 2.05) is 48.7 Å². The molecule has 0 unspecified atom stereocenters. The first-order valence-corrected chi connectivity index (χ1v) is 6.02. The molecule has 0 saturated carbocycles. The highest BCUT2D eigenvalue weighted by Gasteiger charge is 2.03. The Balaban J connectivity index is 2.21. The molecule has 17 heavy (non-hydrogen) atoms. The minimum Gasteiger partial charge on any atom is -0.317 e.